The van der Waals surface area contributed by atoms with Gasteiger partial charge >= 0.3 is 17.8 Å². The Balaban J connectivity index is 1.89. The number of aryl methyl sites for hydroxylation is 1. The van der Waals surface area contributed by atoms with E-state index in [0.29, 0.717) is 17.2 Å². The number of hydrogen-bond acceptors (Lipinski definition) is 6. The van der Waals surface area contributed by atoms with E-state index in [1.807, 2.05) is 0 Å². The van der Waals surface area contributed by atoms with Gasteiger partial charge in [-0.25, -0.2) is 4.79 Å². The Labute approximate surface area is 156 Å². The summed E-state index contributed by atoms with van der Waals surface area (Å²) in [5.41, 5.74) is 0.359. The van der Waals surface area contributed by atoms with Crippen molar-refractivity contribution in [2.45, 2.75) is 26.8 Å². The van der Waals surface area contributed by atoms with Crippen LogP contribution in [0, 0.1) is 6.92 Å². The van der Waals surface area contributed by atoms with Crippen molar-refractivity contribution in [1.82, 2.24) is 5.32 Å². The molecule has 2 N–H and O–H groups in total. The normalized spacial score (nSPS) is 11.4. The van der Waals surface area contributed by atoms with Crippen LogP contribution in [0.4, 0.5) is 5.69 Å². The molecule has 0 aliphatic carbocycles. The van der Waals surface area contributed by atoms with Gasteiger partial charge in [0, 0.05) is 11.8 Å². The Morgan fingerprint density at radius 3 is 2.59 bits per heavy atom. The lowest BCUT2D eigenvalue weighted by Gasteiger charge is -2.12. The molecule has 0 unspecified atom stereocenters. The molecule has 0 aliphatic heterocycles. The summed E-state index contributed by atoms with van der Waals surface area (Å²) in [7, 11) is 0. The smallest absolute Gasteiger partial charge is 0.344 e. The zero-order valence-electron chi connectivity index (χ0n) is 15.4. The summed E-state index contributed by atoms with van der Waals surface area (Å²) in [6.45, 7) is 5.23. The molecular weight excluding hydrogens is 352 g/mol. The maximum atomic E-state index is 12.1. The summed E-state index contributed by atoms with van der Waals surface area (Å²) in [6.07, 6.45) is 0. The largest absolute Gasteiger partial charge is 0.482 e. The second-order valence-corrected chi connectivity index (χ2v) is 5.72. The first-order valence-electron chi connectivity index (χ1n) is 8.45. The molecule has 2 aromatic rings. The number of furan rings is 1. The number of carbonyl (C=O) groups is 3. The molecule has 0 fully saturated rings. The predicted molar refractivity (Wildman–Crippen MR) is 97.2 cm³/mol. The van der Waals surface area contributed by atoms with E-state index in [1.165, 1.54) is 6.07 Å². The fourth-order valence-corrected chi connectivity index (χ4v) is 2.22. The topological polar surface area (TPSA) is 107 Å². The van der Waals surface area contributed by atoms with Crippen molar-refractivity contribution in [1.29, 1.82) is 0 Å². The van der Waals surface area contributed by atoms with Gasteiger partial charge < -0.3 is 24.5 Å². The zero-order valence-corrected chi connectivity index (χ0v) is 15.4. The number of carbonyl (C=O) groups excluding carboxylic acids is 3. The second-order valence-electron chi connectivity index (χ2n) is 5.72. The molecule has 2 amide bonds. The lowest BCUT2D eigenvalue weighted by molar-refractivity contribution is -0.145. The first-order valence-corrected chi connectivity index (χ1v) is 8.45. The molecule has 1 atom stereocenters. The van der Waals surface area contributed by atoms with E-state index < -0.39 is 23.8 Å². The van der Waals surface area contributed by atoms with Gasteiger partial charge in [0.25, 0.3) is 0 Å². The van der Waals surface area contributed by atoms with Crippen LogP contribution >= 0.6 is 0 Å². The minimum Gasteiger partial charge on any atom is -0.482 e. The maximum absolute atomic E-state index is 12.1. The third-order valence-corrected chi connectivity index (χ3v) is 3.50. The van der Waals surface area contributed by atoms with E-state index in [4.69, 9.17) is 13.9 Å². The first-order chi connectivity index (χ1) is 12.9. The molecule has 1 aromatic carbocycles. The van der Waals surface area contributed by atoms with Crippen LogP contribution in [0.5, 0.6) is 5.75 Å². The molecule has 0 bridgehead atoms. The molecule has 27 heavy (non-hydrogen) atoms. The average Bonchev–Trinajstić information content (AvgIpc) is 3.07. The van der Waals surface area contributed by atoms with E-state index in [-0.39, 0.29) is 13.2 Å². The summed E-state index contributed by atoms with van der Waals surface area (Å²) in [5, 5.41) is 5.04. The van der Waals surface area contributed by atoms with E-state index in [9.17, 15) is 14.4 Å². The van der Waals surface area contributed by atoms with Gasteiger partial charge in [0.1, 0.15) is 17.3 Å². The van der Waals surface area contributed by atoms with Crippen LogP contribution in [-0.4, -0.2) is 31.0 Å². The van der Waals surface area contributed by atoms with Gasteiger partial charge in [0.15, 0.2) is 6.61 Å². The quantitative estimate of drug-likeness (QED) is 0.569. The number of esters is 1. The van der Waals surface area contributed by atoms with Crippen molar-refractivity contribution < 1.29 is 28.3 Å². The van der Waals surface area contributed by atoms with Gasteiger partial charge in [-0.3, -0.25) is 9.59 Å². The predicted octanol–water partition coefficient (Wildman–Crippen LogP) is 2.35. The molecule has 0 saturated heterocycles. The minimum absolute atomic E-state index is 0.244. The molecule has 2 rings (SSSR count). The number of ether oxygens (including phenoxy) is 2. The van der Waals surface area contributed by atoms with Crippen LogP contribution < -0.4 is 15.4 Å². The fraction of sp³-hybridized carbons (Fsp3) is 0.316. The van der Waals surface area contributed by atoms with Crippen LogP contribution in [0.15, 0.2) is 40.8 Å². The van der Waals surface area contributed by atoms with Crippen molar-refractivity contribution in [2.24, 2.45) is 0 Å². The standard InChI is InChI=1S/C19H22N2O6/c1-4-25-17(22)11-26-15-7-5-6-14(10-15)21-19(24)18(23)20-13(3)16-9-8-12(2)27-16/h5-10,13H,4,11H2,1-3H3,(H,20,23)(H,21,24)/t13-/m0/s1. The number of amides is 2. The molecule has 1 aromatic heterocycles. The molecule has 8 heteroatoms. The van der Waals surface area contributed by atoms with Crippen LogP contribution in [0.25, 0.3) is 0 Å². The monoisotopic (exact) mass is 374 g/mol. The van der Waals surface area contributed by atoms with Crippen LogP contribution in [-0.2, 0) is 19.1 Å². The molecule has 0 aliphatic rings. The average molecular weight is 374 g/mol. The Bertz CT molecular complexity index is 814. The number of nitrogens with one attached hydrogen (secondary N) is 2. The second kappa shape index (κ2) is 9.42. The lowest BCUT2D eigenvalue weighted by atomic mass is 10.2. The summed E-state index contributed by atoms with van der Waals surface area (Å²) >= 11 is 0. The molecule has 0 radical (unpaired) electrons. The Morgan fingerprint density at radius 2 is 1.93 bits per heavy atom. The molecule has 0 saturated carbocycles. The number of hydrogen-bond donors (Lipinski definition) is 2. The third kappa shape index (κ3) is 6.18. The van der Waals surface area contributed by atoms with E-state index in [2.05, 4.69) is 10.6 Å². The van der Waals surface area contributed by atoms with Gasteiger partial charge in [0.05, 0.1) is 12.6 Å². The van der Waals surface area contributed by atoms with Gasteiger partial charge in [-0.05, 0) is 45.0 Å². The van der Waals surface area contributed by atoms with Gasteiger partial charge in [0.2, 0.25) is 0 Å². The SMILES string of the molecule is CCOC(=O)COc1cccc(NC(=O)C(=O)N[C@@H](C)c2ccc(C)o2)c1. The molecule has 1 heterocycles. The van der Waals surface area contributed by atoms with E-state index in [0.717, 1.165) is 5.76 Å². The third-order valence-electron chi connectivity index (χ3n) is 3.50. The first kappa shape index (κ1) is 20.0. The fourth-order valence-electron chi connectivity index (χ4n) is 2.22. The highest BCUT2D eigenvalue weighted by Gasteiger charge is 2.19. The van der Waals surface area contributed by atoms with Gasteiger partial charge in [-0.2, -0.15) is 0 Å². The maximum Gasteiger partial charge on any atom is 0.344 e. The highest BCUT2D eigenvalue weighted by Crippen LogP contribution is 2.18. The number of benzene rings is 1. The van der Waals surface area contributed by atoms with Crippen LogP contribution in [0.3, 0.4) is 0 Å². The minimum atomic E-state index is -0.826. The van der Waals surface area contributed by atoms with Gasteiger partial charge in [-0.15, -0.1) is 0 Å². The van der Waals surface area contributed by atoms with Crippen LogP contribution in [0.1, 0.15) is 31.4 Å². The Hall–Kier alpha value is -3.29. The van der Waals surface area contributed by atoms with E-state index >= 15 is 0 Å². The van der Waals surface area contributed by atoms with Crippen molar-refractivity contribution in [2.75, 3.05) is 18.5 Å². The Kier molecular flexibility index (Phi) is 6.99. The molecular formula is C19H22N2O6. The molecule has 0 spiro atoms. The summed E-state index contributed by atoms with van der Waals surface area (Å²) < 4.78 is 15.5. The van der Waals surface area contributed by atoms with Crippen LogP contribution in [0.2, 0.25) is 0 Å². The molecule has 8 nitrogen and oxygen atoms in total. The lowest BCUT2D eigenvalue weighted by Crippen LogP contribution is -2.36. The Morgan fingerprint density at radius 1 is 1.15 bits per heavy atom. The number of anilines is 1. The van der Waals surface area contributed by atoms with Crippen molar-refractivity contribution in [3.05, 3.63) is 47.9 Å². The van der Waals surface area contributed by atoms with Crippen molar-refractivity contribution in [3.63, 3.8) is 0 Å². The number of rotatable bonds is 7. The summed E-state index contributed by atoms with van der Waals surface area (Å²) in [5.74, 6) is -0.477. The summed E-state index contributed by atoms with van der Waals surface area (Å²) in [4.78, 5) is 35.4. The van der Waals surface area contributed by atoms with Crippen molar-refractivity contribution in [3.8, 4) is 5.75 Å². The van der Waals surface area contributed by atoms with Gasteiger partial charge in [-0.1, -0.05) is 6.07 Å². The zero-order chi connectivity index (χ0) is 19.8. The van der Waals surface area contributed by atoms with E-state index in [1.54, 1.807) is 51.1 Å². The highest BCUT2D eigenvalue weighted by molar-refractivity contribution is 6.39. The summed E-state index contributed by atoms with van der Waals surface area (Å²) in [6, 6.07) is 9.42. The molecule has 144 valence electrons. The van der Waals surface area contributed by atoms with Crippen molar-refractivity contribution >= 4 is 23.5 Å². The highest BCUT2D eigenvalue weighted by atomic mass is 16.6.